The van der Waals surface area contributed by atoms with Crippen molar-refractivity contribution in [2.75, 3.05) is 13.1 Å². The molecular weight excluding hydrogens is 141 g/mol. The Balaban J connectivity index is 2.45. The van der Waals surface area contributed by atoms with Gasteiger partial charge in [-0.3, -0.25) is 0 Å². The van der Waals surface area contributed by atoms with Gasteiger partial charge in [0.1, 0.15) is 6.17 Å². The fraction of sp³-hybridized carbons (Fsp3) is 0.556. The predicted octanol–water partition coefficient (Wildman–Crippen LogP) is 2.12. The summed E-state index contributed by atoms with van der Waals surface area (Å²) in [5.74, 6) is 0. The maximum Gasteiger partial charge on any atom is 0.135 e. The van der Waals surface area contributed by atoms with Crippen molar-refractivity contribution in [3.8, 4) is 0 Å². The minimum Gasteiger partial charge on any atom is -0.366 e. The van der Waals surface area contributed by atoms with Crippen LogP contribution in [-0.2, 0) is 0 Å². The molecule has 0 bridgehead atoms. The topological polar surface area (TPSA) is 3.24 Å². The molecule has 0 atom stereocenters. The molecule has 1 nitrogen and oxygen atoms in total. The maximum absolute atomic E-state index is 12.4. The fourth-order valence-corrected chi connectivity index (χ4v) is 1.19. The lowest BCUT2D eigenvalue weighted by molar-refractivity contribution is 0.102. The van der Waals surface area contributed by atoms with Crippen molar-refractivity contribution in [2.24, 2.45) is 0 Å². The predicted molar refractivity (Wildman–Crippen MR) is 45.0 cm³/mol. The fourth-order valence-electron chi connectivity index (χ4n) is 1.19. The summed E-state index contributed by atoms with van der Waals surface area (Å²) in [6.45, 7) is 5.06. The largest absolute Gasteiger partial charge is 0.366 e. The second-order valence-corrected chi connectivity index (χ2v) is 2.72. The Labute approximate surface area is 67.2 Å². The zero-order valence-electron chi connectivity index (χ0n) is 7.05. The lowest BCUT2D eigenvalue weighted by Crippen LogP contribution is -2.46. The lowest BCUT2D eigenvalue weighted by Gasteiger charge is -2.37. The highest BCUT2D eigenvalue weighted by molar-refractivity contribution is 5.18. The lowest BCUT2D eigenvalue weighted by atomic mass is 10.1. The van der Waals surface area contributed by atoms with Crippen molar-refractivity contribution >= 4 is 0 Å². The summed E-state index contributed by atoms with van der Waals surface area (Å²) in [4.78, 5) is 2.03. The molecule has 0 aromatic rings. The minimum absolute atomic E-state index is 0.560. The molecule has 0 N–H and O–H groups in total. The number of rotatable bonds is 2. The van der Waals surface area contributed by atoms with E-state index in [0.717, 1.165) is 5.70 Å². The van der Waals surface area contributed by atoms with Crippen LogP contribution in [-0.4, -0.2) is 24.2 Å². The maximum atomic E-state index is 12.4. The third kappa shape index (κ3) is 1.82. The molecule has 1 rings (SSSR count). The molecule has 0 radical (unpaired) electrons. The molecule has 1 aliphatic rings. The molecule has 0 aromatic carbocycles. The second-order valence-electron chi connectivity index (χ2n) is 2.72. The molecular formula is C9H14FN. The number of hydrogen-bond donors (Lipinski definition) is 0. The van der Waals surface area contributed by atoms with E-state index in [1.165, 1.54) is 0 Å². The summed E-state index contributed by atoms with van der Waals surface area (Å²) in [5.41, 5.74) is 1.13. The molecule has 1 aliphatic heterocycles. The summed E-state index contributed by atoms with van der Waals surface area (Å²) < 4.78 is 12.4. The van der Waals surface area contributed by atoms with Gasteiger partial charge >= 0.3 is 0 Å². The first kappa shape index (κ1) is 8.31. The van der Waals surface area contributed by atoms with E-state index in [9.17, 15) is 4.39 Å². The van der Waals surface area contributed by atoms with Crippen LogP contribution in [0, 0.1) is 0 Å². The van der Waals surface area contributed by atoms with Gasteiger partial charge in [-0.2, -0.15) is 0 Å². The Morgan fingerprint density at radius 2 is 2.09 bits per heavy atom. The van der Waals surface area contributed by atoms with Crippen LogP contribution < -0.4 is 0 Å². The second kappa shape index (κ2) is 3.56. The average molecular weight is 155 g/mol. The molecule has 11 heavy (non-hydrogen) atoms. The van der Waals surface area contributed by atoms with Crippen LogP contribution >= 0.6 is 0 Å². The number of nitrogens with zero attached hydrogens (tertiary/aromatic N) is 1. The van der Waals surface area contributed by atoms with E-state index in [2.05, 4.69) is 0 Å². The molecule has 62 valence electrons. The summed E-state index contributed by atoms with van der Waals surface area (Å²) in [6, 6.07) is 0. The molecule has 0 saturated carbocycles. The molecule has 2 heteroatoms. The van der Waals surface area contributed by atoms with Crippen LogP contribution in [0.5, 0.6) is 0 Å². The van der Waals surface area contributed by atoms with Gasteiger partial charge in [-0.15, -0.1) is 0 Å². The smallest absolute Gasteiger partial charge is 0.135 e. The Kier molecular flexibility index (Phi) is 2.69. The highest BCUT2D eigenvalue weighted by atomic mass is 19.1. The van der Waals surface area contributed by atoms with Crippen LogP contribution in [0.1, 0.15) is 13.8 Å². The van der Waals surface area contributed by atoms with Crippen LogP contribution in [0.15, 0.2) is 23.9 Å². The van der Waals surface area contributed by atoms with E-state index in [1.54, 1.807) is 0 Å². The first-order chi connectivity index (χ1) is 5.27. The first-order valence-electron chi connectivity index (χ1n) is 3.96. The molecule has 0 unspecified atom stereocenters. The van der Waals surface area contributed by atoms with Crippen molar-refractivity contribution in [1.82, 2.24) is 4.90 Å². The molecule has 0 amide bonds. The molecule has 1 heterocycles. The van der Waals surface area contributed by atoms with Crippen molar-refractivity contribution in [2.45, 2.75) is 20.0 Å². The zero-order chi connectivity index (χ0) is 8.27. The van der Waals surface area contributed by atoms with Crippen molar-refractivity contribution in [3.63, 3.8) is 0 Å². The summed E-state index contributed by atoms with van der Waals surface area (Å²) in [6.07, 6.45) is 5.37. The summed E-state index contributed by atoms with van der Waals surface area (Å²) >= 11 is 0. The highest BCUT2D eigenvalue weighted by Gasteiger charge is 2.26. The number of likely N-dealkylation sites (tertiary alicyclic amines) is 1. The zero-order valence-corrected chi connectivity index (χ0v) is 7.05. The number of hydrogen-bond acceptors (Lipinski definition) is 1. The minimum atomic E-state index is -0.616. The van der Waals surface area contributed by atoms with Crippen molar-refractivity contribution in [1.29, 1.82) is 0 Å². The van der Waals surface area contributed by atoms with Crippen molar-refractivity contribution < 1.29 is 4.39 Å². The van der Waals surface area contributed by atoms with Gasteiger partial charge in [0.2, 0.25) is 0 Å². The molecule has 0 aromatic heterocycles. The van der Waals surface area contributed by atoms with Gasteiger partial charge in [0.25, 0.3) is 0 Å². The van der Waals surface area contributed by atoms with E-state index >= 15 is 0 Å². The number of alkyl halides is 1. The van der Waals surface area contributed by atoms with E-state index in [1.807, 2.05) is 37.0 Å². The molecule has 0 spiro atoms. The third-order valence-corrected chi connectivity index (χ3v) is 1.84. The van der Waals surface area contributed by atoms with E-state index in [0.29, 0.717) is 13.1 Å². The summed E-state index contributed by atoms with van der Waals surface area (Å²) in [5, 5.41) is 0. The Morgan fingerprint density at radius 3 is 2.45 bits per heavy atom. The molecule has 0 aliphatic carbocycles. The molecule has 1 fully saturated rings. The van der Waals surface area contributed by atoms with Gasteiger partial charge in [0.15, 0.2) is 0 Å². The van der Waals surface area contributed by atoms with E-state index in [-0.39, 0.29) is 0 Å². The van der Waals surface area contributed by atoms with Gasteiger partial charge in [-0.25, -0.2) is 4.39 Å². The third-order valence-electron chi connectivity index (χ3n) is 1.84. The van der Waals surface area contributed by atoms with Crippen LogP contribution in [0.2, 0.25) is 0 Å². The van der Waals surface area contributed by atoms with Crippen LogP contribution in [0.3, 0.4) is 0 Å². The average Bonchev–Trinajstić information content (AvgIpc) is 1.95. The SMILES string of the molecule is CC=CC(=CC)N1CC(F)C1. The van der Waals surface area contributed by atoms with E-state index < -0.39 is 6.17 Å². The normalized spacial score (nSPS) is 21.0. The van der Waals surface area contributed by atoms with Gasteiger partial charge in [-0.05, 0) is 19.9 Å². The van der Waals surface area contributed by atoms with Crippen molar-refractivity contribution in [3.05, 3.63) is 23.9 Å². The van der Waals surface area contributed by atoms with Gasteiger partial charge in [0, 0.05) is 5.70 Å². The van der Waals surface area contributed by atoms with Gasteiger partial charge in [0.05, 0.1) is 13.1 Å². The van der Waals surface area contributed by atoms with Gasteiger partial charge < -0.3 is 4.90 Å². The molecule has 1 saturated heterocycles. The summed E-state index contributed by atoms with van der Waals surface area (Å²) in [7, 11) is 0. The van der Waals surface area contributed by atoms with Crippen LogP contribution in [0.4, 0.5) is 4.39 Å². The number of allylic oxidation sites excluding steroid dienone is 3. The Bertz CT molecular complexity index is 178. The van der Waals surface area contributed by atoms with Crippen LogP contribution in [0.25, 0.3) is 0 Å². The standard InChI is InChI=1S/C9H14FN/c1-3-5-9(4-2)11-6-8(10)7-11/h3-5,8H,6-7H2,1-2H3. The number of halogens is 1. The van der Waals surface area contributed by atoms with Gasteiger partial charge in [-0.1, -0.05) is 12.2 Å². The Hall–Kier alpha value is -0.790. The highest BCUT2D eigenvalue weighted by Crippen LogP contribution is 2.18. The Morgan fingerprint density at radius 1 is 1.45 bits per heavy atom. The first-order valence-corrected chi connectivity index (χ1v) is 3.96. The quantitative estimate of drug-likeness (QED) is 0.552. The monoisotopic (exact) mass is 155 g/mol. The van der Waals surface area contributed by atoms with E-state index in [4.69, 9.17) is 0 Å².